The normalized spacial score (nSPS) is 11.0. The zero-order valence-corrected chi connectivity index (χ0v) is 13.0. The van der Waals surface area contributed by atoms with Gasteiger partial charge in [-0.2, -0.15) is 0 Å². The molecule has 0 atom stereocenters. The Kier molecular flexibility index (Phi) is 3.86. The standard InChI is InChI=1S/C16H18N4S/c1-3-12-9-13-15(20-17)18-14(19-16(13)21-12)8-11-6-4-5-10(2)7-11/h4-7,9H,3,8,17H2,1-2H3,(H,18,19,20). The van der Waals surface area contributed by atoms with Crippen molar-refractivity contribution in [3.63, 3.8) is 0 Å². The smallest absolute Gasteiger partial charge is 0.152 e. The number of aryl methyl sites for hydroxylation is 2. The lowest BCUT2D eigenvalue weighted by Crippen LogP contribution is -2.10. The summed E-state index contributed by atoms with van der Waals surface area (Å²) in [5.41, 5.74) is 5.16. The molecule has 3 aromatic rings. The Hall–Kier alpha value is -1.98. The molecule has 0 radical (unpaired) electrons. The maximum atomic E-state index is 5.62. The zero-order chi connectivity index (χ0) is 14.8. The molecule has 0 saturated carbocycles. The van der Waals surface area contributed by atoms with Gasteiger partial charge in [0.25, 0.3) is 0 Å². The van der Waals surface area contributed by atoms with E-state index >= 15 is 0 Å². The Morgan fingerprint density at radius 2 is 2.10 bits per heavy atom. The fourth-order valence-electron chi connectivity index (χ4n) is 2.38. The number of nitrogens with two attached hydrogens (primary N) is 1. The second-order valence-electron chi connectivity index (χ2n) is 5.08. The minimum atomic E-state index is 0.707. The van der Waals surface area contributed by atoms with E-state index in [0.29, 0.717) is 12.2 Å². The molecule has 2 heterocycles. The number of anilines is 1. The Balaban J connectivity index is 2.02. The average Bonchev–Trinajstić information content (AvgIpc) is 2.89. The molecule has 0 bridgehead atoms. The van der Waals surface area contributed by atoms with Crippen molar-refractivity contribution in [1.29, 1.82) is 0 Å². The van der Waals surface area contributed by atoms with Gasteiger partial charge in [-0.1, -0.05) is 36.8 Å². The van der Waals surface area contributed by atoms with Crippen LogP contribution in [0.15, 0.2) is 30.3 Å². The predicted octanol–water partition coefficient (Wildman–Crippen LogP) is 3.44. The maximum Gasteiger partial charge on any atom is 0.152 e. The van der Waals surface area contributed by atoms with E-state index in [4.69, 9.17) is 5.84 Å². The molecule has 0 saturated heterocycles. The van der Waals surface area contributed by atoms with Crippen LogP contribution in [0.25, 0.3) is 10.2 Å². The summed E-state index contributed by atoms with van der Waals surface area (Å²) in [4.78, 5) is 11.5. The third-order valence-corrected chi connectivity index (χ3v) is 4.59. The van der Waals surface area contributed by atoms with Gasteiger partial charge in [-0.25, -0.2) is 15.8 Å². The quantitative estimate of drug-likeness (QED) is 0.572. The van der Waals surface area contributed by atoms with Crippen molar-refractivity contribution in [1.82, 2.24) is 9.97 Å². The SMILES string of the molecule is CCc1cc2c(NN)nc(Cc3cccc(C)c3)nc2s1. The number of nitrogen functional groups attached to an aromatic ring is 1. The Morgan fingerprint density at radius 1 is 1.24 bits per heavy atom. The lowest BCUT2D eigenvalue weighted by atomic mass is 10.1. The van der Waals surface area contributed by atoms with Crippen LogP contribution in [0.1, 0.15) is 28.8 Å². The van der Waals surface area contributed by atoms with Gasteiger partial charge in [0, 0.05) is 11.3 Å². The van der Waals surface area contributed by atoms with Crippen molar-refractivity contribution in [3.8, 4) is 0 Å². The van der Waals surface area contributed by atoms with Crippen molar-refractivity contribution in [2.75, 3.05) is 5.43 Å². The molecule has 0 aliphatic heterocycles. The molecule has 3 rings (SSSR count). The fraction of sp³-hybridized carbons (Fsp3) is 0.250. The van der Waals surface area contributed by atoms with E-state index in [1.165, 1.54) is 16.0 Å². The number of hydrogen-bond donors (Lipinski definition) is 2. The minimum Gasteiger partial charge on any atom is -0.308 e. The van der Waals surface area contributed by atoms with Crippen molar-refractivity contribution in [2.24, 2.45) is 5.84 Å². The minimum absolute atomic E-state index is 0.707. The first-order valence-corrected chi connectivity index (χ1v) is 7.82. The monoisotopic (exact) mass is 298 g/mol. The fourth-order valence-corrected chi connectivity index (χ4v) is 3.37. The third-order valence-electron chi connectivity index (χ3n) is 3.42. The number of hydrazine groups is 1. The summed E-state index contributed by atoms with van der Waals surface area (Å²) in [6, 6.07) is 10.5. The highest BCUT2D eigenvalue weighted by molar-refractivity contribution is 7.18. The molecule has 0 aliphatic carbocycles. The lowest BCUT2D eigenvalue weighted by Gasteiger charge is -2.06. The molecule has 21 heavy (non-hydrogen) atoms. The molecule has 2 aromatic heterocycles. The van der Waals surface area contributed by atoms with E-state index in [0.717, 1.165) is 22.5 Å². The van der Waals surface area contributed by atoms with Crippen LogP contribution >= 0.6 is 11.3 Å². The van der Waals surface area contributed by atoms with E-state index in [1.807, 2.05) is 0 Å². The molecular formula is C16H18N4S. The highest BCUT2D eigenvalue weighted by Crippen LogP contribution is 2.29. The van der Waals surface area contributed by atoms with Crippen LogP contribution in [0.2, 0.25) is 0 Å². The van der Waals surface area contributed by atoms with Crippen molar-refractivity contribution in [2.45, 2.75) is 26.7 Å². The first-order chi connectivity index (χ1) is 10.2. The van der Waals surface area contributed by atoms with Crippen molar-refractivity contribution < 1.29 is 0 Å². The summed E-state index contributed by atoms with van der Waals surface area (Å²) in [6.45, 7) is 4.23. The molecule has 0 aliphatic rings. The van der Waals surface area contributed by atoms with Gasteiger partial charge in [-0.3, -0.25) is 0 Å². The van der Waals surface area contributed by atoms with E-state index in [-0.39, 0.29) is 0 Å². The molecule has 4 nitrogen and oxygen atoms in total. The van der Waals surface area contributed by atoms with Gasteiger partial charge >= 0.3 is 0 Å². The summed E-state index contributed by atoms with van der Waals surface area (Å²) in [6.07, 6.45) is 1.71. The second kappa shape index (κ2) is 5.79. The molecule has 3 N–H and O–H groups in total. The molecule has 5 heteroatoms. The van der Waals surface area contributed by atoms with Gasteiger partial charge in [-0.05, 0) is 25.0 Å². The number of hydrogen-bond acceptors (Lipinski definition) is 5. The number of benzene rings is 1. The summed E-state index contributed by atoms with van der Waals surface area (Å²) in [5, 5.41) is 1.01. The van der Waals surface area contributed by atoms with E-state index in [9.17, 15) is 0 Å². The lowest BCUT2D eigenvalue weighted by molar-refractivity contribution is 0.991. The average molecular weight is 298 g/mol. The van der Waals surface area contributed by atoms with Crippen LogP contribution in [-0.2, 0) is 12.8 Å². The summed E-state index contributed by atoms with van der Waals surface area (Å²) < 4.78 is 0. The number of nitrogens with one attached hydrogen (secondary N) is 1. The van der Waals surface area contributed by atoms with Crippen LogP contribution in [0.3, 0.4) is 0 Å². The molecular weight excluding hydrogens is 280 g/mol. The van der Waals surface area contributed by atoms with Crippen LogP contribution < -0.4 is 11.3 Å². The second-order valence-corrected chi connectivity index (χ2v) is 6.20. The Labute approximate surface area is 128 Å². The number of fused-ring (bicyclic) bond motifs is 1. The van der Waals surface area contributed by atoms with E-state index in [2.05, 4.69) is 59.6 Å². The van der Waals surface area contributed by atoms with Gasteiger partial charge < -0.3 is 5.43 Å². The molecule has 0 amide bonds. The van der Waals surface area contributed by atoms with Gasteiger partial charge in [0.1, 0.15) is 10.7 Å². The van der Waals surface area contributed by atoms with Crippen molar-refractivity contribution >= 4 is 27.4 Å². The summed E-state index contributed by atoms with van der Waals surface area (Å²) in [7, 11) is 0. The van der Waals surface area contributed by atoms with Gasteiger partial charge in [0.15, 0.2) is 5.82 Å². The zero-order valence-electron chi connectivity index (χ0n) is 12.2. The Morgan fingerprint density at radius 3 is 2.81 bits per heavy atom. The van der Waals surface area contributed by atoms with Gasteiger partial charge in [-0.15, -0.1) is 11.3 Å². The van der Waals surface area contributed by atoms with Crippen LogP contribution in [0.4, 0.5) is 5.82 Å². The number of thiophene rings is 1. The summed E-state index contributed by atoms with van der Waals surface area (Å²) >= 11 is 1.71. The van der Waals surface area contributed by atoms with Crippen molar-refractivity contribution in [3.05, 3.63) is 52.2 Å². The predicted molar refractivity (Wildman–Crippen MR) is 88.6 cm³/mol. The number of nitrogens with zero attached hydrogens (tertiary/aromatic N) is 2. The largest absolute Gasteiger partial charge is 0.308 e. The maximum absolute atomic E-state index is 5.62. The first kappa shape index (κ1) is 14.0. The first-order valence-electron chi connectivity index (χ1n) is 7.01. The van der Waals surface area contributed by atoms with Gasteiger partial charge in [0.2, 0.25) is 0 Å². The highest BCUT2D eigenvalue weighted by atomic mass is 32.1. The Bertz CT molecular complexity index is 779. The van der Waals surface area contributed by atoms with Crippen LogP contribution in [-0.4, -0.2) is 9.97 Å². The number of aromatic nitrogens is 2. The molecule has 0 spiro atoms. The van der Waals surface area contributed by atoms with Crippen LogP contribution in [0.5, 0.6) is 0 Å². The number of rotatable bonds is 4. The molecule has 0 fully saturated rings. The van der Waals surface area contributed by atoms with Gasteiger partial charge in [0.05, 0.1) is 5.39 Å². The topological polar surface area (TPSA) is 63.8 Å². The molecule has 0 unspecified atom stereocenters. The van der Waals surface area contributed by atoms with Crippen LogP contribution in [0, 0.1) is 6.92 Å². The third kappa shape index (κ3) is 2.89. The molecule has 1 aromatic carbocycles. The molecule has 108 valence electrons. The summed E-state index contributed by atoms with van der Waals surface area (Å²) in [5.74, 6) is 7.12. The van der Waals surface area contributed by atoms with E-state index in [1.54, 1.807) is 11.3 Å². The highest BCUT2D eigenvalue weighted by Gasteiger charge is 2.11. The van der Waals surface area contributed by atoms with E-state index < -0.39 is 0 Å².